The first-order valence-corrected chi connectivity index (χ1v) is 7.81. The summed E-state index contributed by atoms with van der Waals surface area (Å²) in [5, 5.41) is 10.9. The molecule has 22 heavy (non-hydrogen) atoms. The van der Waals surface area contributed by atoms with E-state index in [9.17, 15) is 9.59 Å². The minimum absolute atomic E-state index is 0.0367. The number of hydrogen-bond donors (Lipinski definition) is 1. The van der Waals surface area contributed by atoms with E-state index in [1.54, 1.807) is 12.1 Å². The van der Waals surface area contributed by atoms with Crippen LogP contribution in [0.1, 0.15) is 20.2 Å². The van der Waals surface area contributed by atoms with Gasteiger partial charge in [0.2, 0.25) is 0 Å². The highest BCUT2D eigenvalue weighted by Crippen LogP contribution is 2.17. The number of aromatic nitrogens is 1. The Morgan fingerprint density at radius 1 is 1.09 bits per heavy atom. The number of anilines is 1. The van der Waals surface area contributed by atoms with Crippen molar-refractivity contribution in [3.8, 4) is 0 Å². The van der Waals surface area contributed by atoms with Gasteiger partial charge < -0.3 is 14.9 Å². The minimum Gasteiger partial charge on any atom is -0.477 e. The number of amides is 1. The van der Waals surface area contributed by atoms with Crippen molar-refractivity contribution < 1.29 is 14.7 Å². The Kier molecular flexibility index (Phi) is 4.06. The number of thiophene rings is 1. The number of hydrogen-bond acceptors (Lipinski definition) is 5. The Bertz CT molecular complexity index is 679. The predicted octanol–water partition coefficient (Wildman–Crippen LogP) is 1.80. The van der Waals surface area contributed by atoms with Crippen molar-refractivity contribution in [1.82, 2.24) is 9.88 Å². The highest BCUT2D eigenvalue weighted by atomic mass is 32.1. The first-order valence-electron chi connectivity index (χ1n) is 6.93. The van der Waals surface area contributed by atoms with Crippen LogP contribution in [0.15, 0.2) is 35.7 Å². The van der Waals surface area contributed by atoms with Crippen molar-refractivity contribution in [2.45, 2.75) is 0 Å². The molecule has 2 aromatic rings. The zero-order chi connectivity index (χ0) is 15.5. The Hall–Kier alpha value is -2.41. The molecule has 2 aromatic heterocycles. The molecule has 3 heterocycles. The summed E-state index contributed by atoms with van der Waals surface area (Å²) < 4.78 is 0. The van der Waals surface area contributed by atoms with Crippen LogP contribution in [0.2, 0.25) is 0 Å². The van der Waals surface area contributed by atoms with E-state index in [0.717, 1.165) is 4.88 Å². The quantitative estimate of drug-likeness (QED) is 0.934. The van der Waals surface area contributed by atoms with Gasteiger partial charge in [0, 0.05) is 26.2 Å². The van der Waals surface area contributed by atoms with Crippen LogP contribution < -0.4 is 4.90 Å². The van der Waals surface area contributed by atoms with E-state index in [1.807, 2.05) is 27.3 Å². The van der Waals surface area contributed by atoms with Crippen LogP contribution in [-0.2, 0) is 0 Å². The fourth-order valence-electron chi connectivity index (χ4n) is 2.41. The summed E-state index contributed by atoms with van der Waals surface area (Å²) in [5.41, 5.74) is 0.0367. The average molecular weight is 317 g/mol. The van der Waals surface area contributed by atoms with Gasteiger partial charge in [0.15, 0.2) is 5.69 Å². The van der Waals surface area contributed by atoms with Crippen molar-refractivity contribution in [2.75, 3.05) is 31.1 Å². The van der Waals surface area contributed by atoms with Crippen LogP contribution >= 0.6 is 11.3 Å². The van der Waals surface area contributed by atoms with Crippen molar-refractivity contribution in [3.05, 3.63) is 46.3 Å². The van der Waals surface area contributed by atoms with E-state index in [2.05, 4.69) is 4.98 Å². The second-order valence-electron chi connectivity index (χ2n) is 4.94. The fourth-order valence-corrected chi connectivity index (χ4v) is 3.10. The summed E-state index contributed by atoms with van der Waals surface area (Å²) in [7, 11) is 0. The van der Waals surface area contributed by atoms with Gasteiger partial charge in [0.1, 0.15) is 5.82 Å². The molecule has 0 aromatic carbocycles. The molecule has 0 saturated carbocycles. The number of rotatable bonds is 3. The van der Waals surface area contributed by atoms with Crippen LogP contribution in [0, 0.1) is 0 Å². The van der Waals surface area contributed by atoms with Crippen molar-refractivity contribution in [2.24, 2.45) is 0 Å². The molecular formula is C15H15N3O3S. The summed E-state index contributed by atoms with van der Waals surface area (Å²) in [6.45, 7) is 2.51. The first kappa shape index (κ1) is 14.5. The van der Waals surface area contributed by atoms with E-state index in [4.69, 9.17) is 5.11 Å². The molecule has 114 valence electrons. The van der Waals surface area contributed by atoms with Gasteiger partial charge in [-0.2, -0.15) is 0 Å². The van der Waals surface area contributed by atoms with E-state index in [1.165, 1.54) is 17.4 Å². The van der Waals surface area contributed by atoms with Gasteiger partial charge in [-0.15, -0.1) is 11.3 Å². The van der Waals surface area contributed by atoms with Gasteiger partial charge >= 0.3 is 5.97 Å². The molecule has 6 nitrogen and oxygen atoms in total. The molecule has 1 aliphatic heterocycles. The number of carboxylic acids is 1. The van der Waals surface area contributed by atoms with Crippen LogP contribution in [0.4, 0.5) is 5.82 Å². The number of carboxylic acid groups (broad SMARTS) is 1. The minimum atomic E-state index is -1.03. The number of aromatic carboxylic acids is 1. The molecule has 0 spiro atoms. The number of pyridine rings is 1. The van der Waals surface area contributed by atoms with Gasteiger partial charge in [-0.05, 0) is 23.6 Å². The third-order valence-electron chi connectivity index (χ3n) is 3.58. The smallest absolute Gasteiger partial charge is 0.354 e. The van der Waals surface area contributed by atoms with E-state index >= 15 is 0 Å². The lowest BCUT2D eigenvalue weighted by molar-refractivity contribution is 0.0690. The molecule has 1 aliphatic rings. The van der Waals surface area contributed by atoms with Crippen LogP contribution in [0.5, 0.6) is 0 Å². The van der Waals surface area contributed by atoms with E-state index in [0.29, 0.717) is 32.0 Å². The first-order chi connectivity index (χ1) is 10.6. The van der Waals surface area contributed by atoms with Crippen molar-refractivity contribution in [3.63, 3.8) is 0 Å². The van der Waals surface area contributed by atoms with Crippen LogP contribution in [-0.4, -0.2) is 53.0 Å². The lowest BCUT2D eigenvalue weighted by Crippen LogP contribution is -2.49. The fraction of sp³-hybridized carbons (Fsp3) is 0.267. The topological polar surface area (TPSA) is 73.7 Å². The Labute approximate surface area is 131 Å². The van der Waals surface area contributed by atoms with Crippen LogP contribution in [0.25, 0.3) is 0 Å². The third-order valence-corrected chi connectivity index (χ3v) is 4.43. The maximum Gasteiger partial charge on any atom is 0.354 e. The molecule has 7 heteroatoms. The van der Waals surface area contributed by atoms with Gasteiger partial charge in [-0.3, -0.25) is 4.79 Å². The lowest BCUT2D eigenvalue weighted by atomic mass is 10.2. The molecule has 0 bridgehead atoms. The highest BCUT2D eigenvalue weighted by Gasteiger charge is 2.23. The second kappa shape index (κ2) is 6.15. The van der Waals surface area contributed by atoms with Gasteiger partial charge in [0.05, 0.1) is 4.88 Å². The summed E-state index contributed by atoms with van der Waals surface area (Å²) >= 11 is 1.44. The van der Waals surface area contributed by atoms with Crippen LogP contribution in [0.3, 0.4) is 0 Å². The Morgan fingerprint density at radius 3 is 2.50 bits per heavy atom. The number of piperazine rings is 1. The molecule has 1 saturated heterocycles. The number of carbonyl (C=O) groups excluding carboxylic acids is 1. The molecular weight excluding hydrogens is 302 g/mol. The Morgan fingerprint density at radius 2 is 1.86 bits per heavy atom. The summed E-state index contributed by atoms with van der Waals surface area (Å²) in [4.78, 5) is 32.0. The summed E-state index contributed by atoms with van der Waals surface area (Å²) in [6.07, 6.45) is 0. The number of nitrogens with zero attached hydrogens (tertiary/aromatic N) is 3. The molecule has 1 N–H and O–H groups in total. The molecule has 0 unspecified atom stereocenters. The normalized spacial score (nSPS) is 14.9. The number of carbonyl (C=O) groups is 2. The molecule has 1 amide bonds. The largest absolute Gasteiger partial charge is 0.477 e. The predicted molar refractivity (Wildman–Crippen MR) is 83.6 cm³/mol. The third kappa shape index (κ3) is 2.94. The molecule has 0 radical (unpaired) electrons. The maximum absolute atomic E-state index is 12.3. The van der Waals surface area contributed by atoms with Crippen molar-refractivity contribution >= 4 is 29.0 Å². The van der Waals surface area contributed by atoms with Gasteiger partial charge in [-0.25, -0.2) is 9.78 Å². The highest BCUT2D eigenvalue weighted by molar-refractivity contribution is 7.12. The standard InChI is InChI=1S/C15H15N3O3S/c19-14(12-4-2-10-22-12)18-8-6-17(7-9-18)13-5-1-3-11(16-13)15(20)21/h1-5,10H,6-9H2,(H,20,21). The zero-order valence-corrected chi connectivity index (χ0v) is 12.6. The molecule has 0 atom stereocenters. The maximum atomic E-state index is 12.3. The van der Waals surface area contributed by atoms with Gasteiger partial charge in [-0.1, -0.05) is 12.1 Å². The molecule has 1 fully saturated rings. The van der Waals surface area contributed by atoms with E-state index < -0.39 is 5.97 Å². The zero-order valence-electron chi connectivity index (χ0n) is 11.8. The lowest BCUT2D eigenvalue weighted by Gasteiger charge is -2.35. The SMILES string of the molecule is O=C(O)c1cccc(N2CCN(C(=O)c3cccs3)CC2)n1. The van der Waals surface area contributed by atoms with E-state index in [-0.39, 0.29) is 11.6 Å². The summed E-state index contributed by atoms with van der Waals surface area (Å²) in [6, 6.07) is 8.66. The summed E-state index contributed by atoms with van der Waals surface area (Å²) in [5.74, 6) is -0.335. The Balaban J connectivity index is 1.65. The van der Waals surface area contributed by atoms with Crippen molar-refractivity contribution in [1.29, 1.82) is 0 Å². The average Bonchev–Trinajstić information content (AvgIpc) is 3.09. The van der Waals surface area contributed by atoms with Gasteiger partial charge in [0.25, 0.3) is 5.91 Å². The second-order valence-corrected chi connectivity index (χ2v) is 5.89. The molecule has 0 aliphatic carbocycles. The monoisotopic (exact) mass is 317 g/mol. The molecule has 3 rings (SSSR count).